The van der Waals surface area contributed by atoms with Crippen LogP contribution in [0.4, 0.5) is 11.4 Å². The maximum absolute atomic E-state index is 6.66. The summed E-state index contributed by atoms with van der Waals surface area (Å²) in [6, 6.07) is 0. The number of fused-ring (bicyclic) bond motifs is 2. The second kappa shape index (κ2) is 5.29. The Morgan fingerprint density at radius 1 is 0.522 bits per heavy atom. The van der Waals surface area contributed by atoms with E-state index in [1.54, 1.807) is 0 Å². The van der Waals surface area contributed by atoms with Gasteiger partial charge in [-0.2, -0.15) is 0 Å². The third-order valence-electron chi connectivity index (χ3n) is 5.88. The van der Waals surface area contributed by atoms with Crippen LogP contribution < -0.4 is 10.9 Å². The van der Waals surface area contributed by atoms with E-state index in [0.717, 1.165) is 0 Å². The van der Waals surface area contributed by atoms with Crippen molar-refractivity contribution in [3.8, 4) is 0 Å². The van der Waals surface area contributed by atoms with E-state index in [4.69, 9.17) is 5.84 Å². The summed E-state index contributed by atoms with van der Waals surface area (Å²) in [6.07, 6.45) is 0. The van der Waals surface area contributed by atoms with Gasteiger partial charge in [-0.15, -0.1) is 0 Å². The van der Waals surface area contributed by atoms with Crippen molar-refractivity contribution in [2.24, 2.45) is 5.84 Å². The van der Waals surface area contributed by atoms with Crippen LogP contribution in [0.5, 0.6) is 0 Å². The number of nitrogens with zero attached hydrogens (tertiary/aromatic N) is 1. The van der Waals surface area contributed by atoms with E-state index in [1.165, 1.54) is 65.7 Å². The summed E-state index contributed by atoms with van der Waals surface area (Å²) in [7, 11) is 0. The highest BCUT2D eigenvalue weighted by Crippen LogP contribution is 2.54. The van der Waals surface area contributed by atoms with Crippen molar-refractivity contribution in [1.82, 2.24) is 0 Å². The van der Waals surface area contributed by atoms with Gasteiger partial charge in [0.15, 0.2) is 0 Å². The molecule has 2 N–H and O–H groups in total. The fraction of sp³-hybridized carbons (Fsp3) is 0.400. The molecule has 1 aliphatic rings. The van der Waals surface area contributed by atoms with Crippen LogP contribution >= 0.6 is 11.8 Å². The first-order chi connectivity index (χ1) is 10.7. The van der Waals surface area contributed by atoms with Crippen LogP contribution in [0.3, 0.4) is 0 Å². The molecular formula is C20H26N2S. The van der Waals surface area contributed by atoms with Gasteiger partial charge in [-0.3, -0.25) is 5.01 Å². The number of benzene rings is 2. The average molecular weight is 327 g/mol. The highest BCUT2D eigenvalue weighted by molar-refractivity contribution is 7.99. The van der Waals surface area contributed by atoms with Gasteiger partial charge in [-0.1, -0.05) is 11.8 Å². The lowest BCUT2D eigenvalue weighted by Gasteiger charge is -2.36. The minimum Gasteiger partial charge on any atom is -0.277 e. The van der Waals surface area contributed by atoms with Gasteiger partial charge in [-0.05, 0) is 99.9 Å². The first kappa shape index (κ1) is 16.4. The summed E-state index contributed by atoms with van der Waals surface area (Å²) in [4.78, 5) is 2.62. The Balaban J connectivity index is 2.40. The molecule has 3 rings (SSSR count). The molecule has 122 valence electrons. The molecule has 0 atom stereocenters. The SMILES string of the molecule is Cc1c(C)c(C)c2c(c1C)Sc1c(C)c(C)c(C)c(C)c1N2N. The van der Waals surface area contributed by atoms with Gasteiger partial charge in [0, 0.05) is 9.79 Å². The van der Waals surface area contributed by atoms with E-state index in [2.05, 4.69) is 55.4 Å². The zero-order valence-corrected chi connectivity index (χ0v) is 16.2. The highest BCUT2D eigenvalue weighted by Gasteiger charge is 2.30. The molecule has 1 aliphatic heterocycles. The first-order valence-corrected chi connectivity index (χ1v) is 8.93. The van der Waals surface area contributed by atoms with Crippen molar-refractivity contribution in [2.75, 3.05) is 5.01 Å². The minimum absolute atomic E-state index is 1.17. The zero-order chi connectivity index (χ0) is 17.2. The molecule has 0 spiro atoms. The Morgan fingerprint density at radius 3 is 1.17 bits per heavy atom. The van der Waals surface area contributed by atoms with Crippen LogP contribution in [-0.4, -0.2) is 0 Å². The molecule has 2 aromatic carbocycles. The van der Waals surface area contributed by atoms with Gasteiger partial charge in [0.1, 0.15) is 0 Å². The van der Waals surface area contributed by atoms with Gasteiger partial charge in [0.2, 0.25) is 0 Å². The highest BCUT2D eigenvalue weighted by atomic mass is 32.2. The Labute approximate surface area is 144 Å². The number of anilines is 2. The summed E-state index contributed by atoms with van der Waals surface area (Å²) in [6.45, 7) is 17.6. The first-order valence-electron chi connectivity index (χ1n) is 8.11. The molecule has 2 nitrogen and oxygen atoms in total. The standard InChI is InChI=1S/C20H26N2S/c1-9-11(3)15(7)19-17(13(9)5)22(21)18-14(6)10(2)12(4)16(8)20(18)23-19/h21H2,1-8H3. The molecule has 0 unspecified atom stereocenters. The molecule has 0 fully saturated rings. The molecule has 1 heterocycles. The predicted molar refractivity (Wildman–Crippen MR) is 101 cm³/mol. The average Bonchev–Trinajstić information content (AvgIpc) is 2.53. The summed E-state index contributed by atoms with van der Waals surface area (Å²) >= 11 is 1.89. The molecule has 3 heteroatoms. The third-order valence-corrected chi connectivity index (χ3v) is 7.29. The summed E-state index contributed by atoms with van der Waals surface area (Å²) in [5, 5.41) is 1.94. The number of hydrogen-bond acceptors (Lipinski definition) is 3. The number of nitrogens with two attached hydrogens (primary N) is 1. The maximum atomic E-state index is 6.66. The Kier molecular flexibility index (Phi) is 3.77. The van der Waals surface area contributed by atoms with Gasteiger partial charge in [0.05, 0.1) is 11.4 Å². The molecule has 0 bridgehead atoms. The lowest BCUT2D eigenvalue weighted by molar-refractivity contribution is 0.960. The van der Waals surface area contributed by atoms with E-state index in [9.17, 15) is 0 Å². The molecular weight excluding hydrogens is 300 g/mol. The topological polar surface area (TPSA) is 29.3 Å². The number of hydrogen-bond donors (Lipinski definition) is 1. The van der Waals surface area contributed by atoms with Crippen molar-refractivity contribution < 1.29 is 0 Å². The van der Waals surface area contributed by atoms with Gasteiger partial charge >= 0.3 is 0 Å². The summed E-state index contributed by atoms with van der Waals surface area (Å²) in [5.74, 6) is 6.66. The van der Waals surface area contributed by atoms with Crippen LogP contribution in [0, 0.1) is 55.4 Å². The Morgan fingerprint density at radius 2 is 0.826 bits per heavy atom. The van der Waals surface area contributed by atoms with Gasteiger partial charge < -0.3 is 0 Å². The van der Waals surface area contributed by atoms with Crippen molar-refractivity contribution in [2.45, 2.75) is 65.2 Å². The second-order valence-electron chi connectivity index (χ2n) is 6.83. The van der Waals surface area contributed by atoms with Crippen LogP contribution in [0.2, 0.25) is 0 Å². The largest absolute Gasteiger partial charge is 0.277 e. The monoisotopic (exact) mass is 326 g/mol. The van der Waals surface area contributed by atoms with Crippen molar-refractivity contribution in [3.05, 3.63) is 44.5 Å². The lowest BCUT2D eigenvalue weighted by Crippen LogP contribution is -2.31. The van der Waals surface area contributed by atoms with Crippen LogP contribution in [0.15, 0.2) is 9.79 Å². The predicted octanol–water partition coefficient (Wildman–Crippen LogP) is 5.63. The Hall–Kier alpha value is -1.45. The van der Waals surface area contributed by atoms with Gasteiger partial charge in [-0.25, -0.2) is 5.84 Å². The molecule has 0 saturated carbocycles. The maximum Gasteiger partial charge on any atom is 0.0749 e. The van der Waals surface area contributed by atoms with E-state index in [-0.39, 0.29) is 0 Å². The van der Waals surface area contributed by atoms with Crippen molar-refractivity contribution >= 4 is 23.1 Å². The fourth-order valence-electron chi connectivity index (χ4n) is 3.56. The summed E-state index contributed by atoms with van der Waals surface area (Å²) in [5.41, 5.74) is 13.1. The molecule has 0 amide bonds. The lowest BCUT2D eigenvalue weighted by atomic mass is 9.94. The minimum atomic E-state index is 1.17. The number of rotatable bonds is 0. The van der Waals surface area contributed by atoms with E-state index in [1.807, 2.05) is 16.8 Å². The molecule has 23 heavy (non-hydrogen) atoms. The number of hydrazine groups is 1. The normalized spacial score (nSPS) is 13.2. The van der Waals surface area contributed by atoms with Crippen LogP contribution in [0.25, 0.3) is 0 Å². The van der Waals surface area contributed by atoms with E-state index < -0.39 is 0 Å². The van der Waals surface area contributed by atoms with Crippen LogP contribution in [-0.2, 0) is 0 Å². The third kappa shape index (κ3) is 2.06. The van der Waals surface area contributed by atoms with E-state index >= 15 is 0 Å². The Bertz CT molecular complexity index is 781. The molecule has 0 saturated heterocycles. The fourth-order valence-corrected chi connectivity index (χ4v) is 5.07. The quantitative estimate of drug-likeness (QED) is 0.636. The molecule has 0 radical (unpaired) electrons. The van der Waals surface area contributed by atoms with Crippen LogP contribution in [0.1, 0.15) is 44.5 Å². The van der Waals surface area contributed by atoms with Crippen molar-refractivity contribution in [3.63, 3.8) is 0 Å². The van der Waals surface area contributed by atoms with Crippen molar-refractivity contribution in [1.29, 1.82) is 0 Å². The van der Waals surface area contributed by atoms with Gasteiger partial charge in [0.25, 0.3) is 0 Å². The zero-order valence-electron chi connectivity index (χ0n) is 15.4. The summed E-state index contributed by atoms with van der Waals surface area (Å²) < 4.78 is 0. The molecule has 0 aromatic heterocycles. The van der Waals surface area contributed by atoms with E-state index in [0.29, 0.717) is 0 Å². The smallest absolute Gasteiger partial charge is 0.0749 e. The molecule has 0 aliphatic carbocycles. The second-order valence-corrected chi connectivity index (χ2v) is 7.85. The molecule has 2 aromatic rings.